The molecule has 0 N–H and O–H groups in total. The lowest BCUT2D eigenvalue weighted by Gasteiger charge is -2.18. The van der Waals surface area contributed by atoms with E-state index in [1.54, 1.807) is 0 Å². The minimum absolute atomic E-state index is 1.00. The average Bonchev–Trinajstić information content (AvgIpc) is 3.00. The minimum Gasteiger partial charge on any atom is -0.264 e. The molecule has 0 aliphatic carbocycles. The second-order valence-electron chi connectivity index (χ2n) is 10.4. The highest BCUT2D eigenvalue weighted by atomic mass is 14.7. The van der Waals surface area contributed by atoms with Crippen LogP contribution >= 0.6 is 0 Å². The van der Waals surface area contributed by atoms with Crippen LogP contribution in [0.25, 0.3) is 66.2 Å². The monoisotopic (exact) mass is 512 g/mol. The Labute approximate surface area is 234 Å². The van der Waals surface area contributed by atoms with Crippen molar-refractivity contribution in [1.29, 1.82) is 0 Å². The highest BCUT2D eigenvalue weighted by Crippen LogP contribution is 2.44. The molecule has 0 spiro atoms. The normalized spacial score (nSPS) is 11.2. The second kappa shape index (κ2) is 9.91. The molecule has 0 aliphatic heterocycles. The van der Waals surface area contributed by atoms with E-state index in [4.69, 9.17) is 0 Å². The SMILES string of the molecule is Cc1cnccc1-c1ccc(-c2c3ccccc3c(-c3ccc(-c4ccccn4)c(C)c3)c3ccccc23)cc1. The van der Waals surface area contributed by atoms with Crippen molar-refractivity contribution in [3.8, 4) is 44.6 Å². The molecule has 0 unspecified atom stereocenters. The van der Waals surface area contributed by atoms with Crippen LogP contribution in [0.1, 0.15) is 11.1 Å². The number of hydrogen-bond acceptors (Lipinski definition) is 2. The van der Waals surface area contributed by atoms with Crippen LogP contribution in [0.4, 0.5) is 0 Å². The standard InChI is InChI=1S/C38H28N2/c1-25-23-29(18-19-31(25)36-13-7-8-21-40-36)38-34-11-5-3-9-32(34)37(33-10-4-6-12-35(33)38)28-16-14-27(15-17-28)30-20-22-39-24-26(30)2/h3-24H,1-2H3. The Bertz CT molecular complexity index is 1950. The number of aromatic nitrogens is 2. The molecule has 40 heavy (non-hydrogen) atoms. The molecule has 2 nitrogen and oxygen atoms in total. The number of rotatable bonds is 4. The largest absolute Gasteiger partial charge is 0.264 e. The van der Waals surface area contributed by atoms with Crippen molar-refractivity contribution in [2.75, 3.05) is 0 Å². The van der Waals surface area contributed by atoms with E-state index in [1.807, 2.05) is 30.7 Å². The van der Waals surface area contributed by atoms with Crippen LogP contribution in [0.2, 0.25) is 0 Å². The van der Waals surface area contributed by atoms with Crippen molar-refractivity contribution in [3.63, 3.8) is 0 Å². The van der Waals surface area contributed by atoms with E-state index in [-0.39, 0.29) is 0 Å². The van der Waals surface area contributed by atoms with Crippen LogP contribution in [0, 0.1) is 13.8 Å². The Kier molecular flexibility index (Phi) is 5.94. The van der Waals surface area contributed by atoms with Crippen LogP contribution in [-0.4, -0.2) is 9.97 Å². The van der Waals surface area contributed by atoms with Crippen molar-refractivity contribution >= 4 is 21.5 Å². The average molecular weight is 513 g/mol. The molecule has 0 saturated heterocycles. The molecule has 0 bridgehead atoms. The Morgan fingerprint density at radius 1 is 0.450 bits per heavy atom. The van der Waals surface area contributed by atoms with Gasteiger partial charge in [-0.3, -0.25) is 9.97 Å². The van der Waals surface area contributed by atoms with Gasteiger partial charge in [-0.1, -0.05) is 97.1 Å². The van der Waals surface area contributed by atoms with Crippen molar-refractivity contribution in [2.45, 2.75) is 13.8 Å². The summed E-state index contributed by atoms with van der Waals surface area (Å²) >= 11 is 0. The van der Waals surface area contributed by atoms with Gasteiger partial charge in [0.05, 0.1) is 5.69 Å². The van der Waals surface area contributed by atoms with E-state index < -0.39 is 0 Å². The maximum Gasteiger partial charge on any atom is 0.0704 e. The van der Waals surface area contributed by atoms with E-state index >= 15 is 0 Å². The van der Waals surface area contributed by atoms with Gasteiger partial charge in [0, 0.05) is 24.2 Å². The topological polar surface area (TPSA) is 25.8 Å². The smallest absolute Gasteiger partial charge is 0.0704 e. The van der Waals surface area contributed by atoms with Gasteiger partial charge in [-0.05, 0) is 98.1 Å². The molecule has 7 rings (SSSR count). The molecule has 5 aromatic carbocycles. The van der Waals surface area contributed by atoms with Crippen LogP contribution in [-0.2, 0) is 0 Å². The first-order valence-corrected chi connectivity index (χ1v) is 13.7. The van der Waals surface area contributed by atoms with Gasteiger partial charge in [0.1, 0.15) is 0 Å². The molecular weight excluding hydrogens is 484 g/mol. The molecule has 2 heterocycles. The first-order chi connectivity index (χ1) is 19.7. The lowest BCUT2D eigenvalue weighted by molar-refractivity contribution is 1.27. The molecular formula is C38H28N2. The fourth-order valence-corrected chi connectivity index (χ4v) is 5.99. The summed E-state index contributed by atoms with van der Waals surface area (Å²) in [5, 5.41) is 5.04. The number of pyridine rings is 2. The highest BCUT2D eigenvalue weighted by Gasteiger charge is 2.17. The Morgan fingerprint density at radius 2 is 1.02 bits per heavy atom. The zero-order valence-electron chi connectivity index (χ0n) is 22.6. The number of fused-ring (bicyclic) bond motifs is 2. The van der Waals surface area contributed by atoms with Gasteiger partial charge in [-0.25, -0.2) is 0 Å². The van der Waals surface area contributed by atoms with Crippen LogP contribution in [0.15, 0.2) is 134 Å². The lowest BCUT2D eigenvalue weighted by Crippen LogP contribution is -1.92. The molecule has 0 saturated carbocycles. The Balaban J connectivity index is 1.44. The second-order valence-corrected chi connectivity index (χ2v) is 10.4. The van der Waals surface area contributed by atoms with Crippen LogP contribution < -0.4 is 0 Å². The van der Waals surface area contributed by atoms with Gasteiger partial charge in [0.2, 0.25) is 0 Å². The molecule has 190 valence electrons. The zero-order chi connectivity index (χ0) is 27.1. The molecule has 0 aliphatic rings. The van der Waals surface area contributed by atoms with Crippen LogP contribution in [0.5, 0.6) is 0 Å². The summed E-state index contributed by atoms with van der Waals surface area (Å²) in [6.07, 6.45) is 5.64. The molecule has 7 aromatic rings. The molecule has 0 fully saturated rings. The molecule has 0 radical (unpaired) electrons. The molecule has 0 atom stereocenters. The maximum atomic E-state index is 4.58. The highest BCUT2D eigenvalue weighted by molar-refractivity contribution is 6.21. The van der Waals surface area contributed by atoms with E-state index in [9.17, 15) is 0 Å². The van der Waals surface area contributed by atoms with Crippen molar-refractivity contribution < 1.29 is 0 Å². The van der Waals surface area contributed by atoms with Gasteiger partial charge in [0.25, 0.3) is 0 Å². The predicted molar refractivity (Wildman–Crippen MR) is 168 cm³/mol. The quantitative estimate of drug-likeness (QED) is 0.219. The molecule has 0 amide bonds. The summed E-state index contributed by atoms with van der Waals surface area (Å²) < 4.78 is 0. The summed E-state index contributed by atoms with van der Waals surface area (Å²) in [6.45, 7) is 4.29. The lowest BCUT2D eigenvalue weighted by atomic mass is 9.85. The van der Waals surface area contributed by atoms with Gasteiger partial charge < -0.3 is 0 Å². The summed E-state index contributed by atoms with van der Waals surface area (Å²) in [5.41, 5.74) is 12.0. The Morgan fingerprint density at radius 3 is 1.60 bits per heavy atom. The van der Waals surface area contributed by atoms with E-state index in [1.165, 1.54) is 71.6 Å². The van der Waals surface area contributed by atoms with Gasteiger partial charge >= 0.3 is 0 Å². The number of benzene rings is 5. The summed E-state index contributed by atoms with van der Waals surface area (Å²) in [4.78, 5) is 8.84. The minimum atomic E-state index is 1.00. The van der Waals surface area contributed by atoms with Crippen molar-refractivity contribution in [3.05, 3.63) is 145 Å². The fourth-order valence-electron chi connectivity index (χ4n) is 5.99. The fraction of sp³-hybridized carbons (Fsp3) is 0.0526. The first kappa shape index (κ1) is 24.0. The third-order valence-corrected chi connectivity index (χ3v) is 7.89. The number of hydrogen-bond donors (Lipinski definition) is 0. The third-order valence-electron chi connectivity index (χ3n) is 7.89. The summed E-state index contributed by atoms with van der Waals surface area (Å²) in [7, 11) is 0. The summed E-state index contributed by atoms with van der Waals surface area (Å²) in [5.74, 6) is 0. The van der Waals surface area contributed by atoms with E-state index in [0.717, 1.165) is 5.69 Å². The van der Waals surface area contributed by atoms with Gasteiger partial charge in [-0.2, -0.15) is 0 Å². The van der Waals surface area contributed by atoms with Crippen LogP contribution in [0.3, 0.4) is 0 Å². The number of aryl methyl sites for hydroxylation is 2. The molecule has 2 aromatic heterocycles. The summed E-state index contributed by atoms with van der Waals surface area (Å²) in [6, 6.07) is 41.5. The van der Waals surface area contributed by atoms with E-state index in [2.05, 4.69) is 127 Å². The van der Waals surface area contributed by atoms with E-state index in [0.29, 0.717) is 0 Å². The van der Waals surface area contributed by atoms with Crippen molar-refractivity contribution in [2.24, 2.45) is 0 Å². The Hall–Kier alpha value is -5.08. The maximum absolute atomic E-state index is 4.58. The predicted octanol–water partition coefficient (Wildman–Crippen LogP) is 10.1. The number of nitrogens with zero attached hydrogens (tertiary/aromatic N) is 2. The van der Waals surface area contributed by atoms with Gasteiger partial charge in [-0.15, -0.1) is 0 Å². The molecule has 2 heteroatoms. The first-order valence-electron chi connectivity index (χ1n) is 13.7. The zero-order valence-corrected chi connectivity index (χ0v) is 22.6. The van der Waals surface area contributed by atoms with Crippen molar-refractivity contribution in [1.82, 2.24) is 9.97 Å². The third kappa shape index (κ3) is 4.06. The van der Waals surface area contributed by atoms with Gasteiger partial charge in [0.15, 0.2) is 0 Å².